The first-order valence-electron chi connectivity index (χ1n) is 6.05. The fourth-order valence-electron chi connectivity index (χ4n) is 3.07. The highest BCUT2D eigenvalue weighted by Gasteiger charge is 2.36. The molecule has 2 atom stereocenters. The molecular formula is C17H12. The average Bonchev–Trinajstić information content (AvgIpc) is 3.06. The second kappa shape index (κ2) is 3.23. The van der Waals surface area contributed by atoms with Crippen LogP contribution in [0.3, 0.4) is 0 Å². The zero-order valence-corrected chi connectivity index (χ0v) is 9.43. The van der Waals surface area contributed by atoms with E-state index in [9.17, 15) is 0 Å². The van der Waals surface area contributed by atoms with Gasteiger partial charge in [0.15, 0.2) is 0 Å². The number of rotatable bonds is 1. The van der Waals surface area contributed by atoms with E-state index in [1.54, 1.807) is 0 Å². The number of hydrogen-bond acceptors (Lipinski definition) is 0. The van der Waals surface area contributed by atoms with Gasteiger partial charge in [-0.25, -0.2) is 0 Å². The first kappa shape index (κ1) is 9.04. The van der Waals surface area contributed by atoms with E-state index < -0.39 is 0 Å². The molecule has 0 radical (unpaired) electrons. The molecule has 3 aliphatic carbocycles. The average molecular weight is 216 g/mol. The quantitative estimate of drug-likeness (QED) is 0.491. The molecule has 0 N–H and O–H groups in total. The summed E-state index contributed by atoms with van der Waals surface area (Å²) in [6.45, 7) is 0. The molecule has 3 aliphatic rings. The second-order valence-corrected chi connectivity index (χ2v) is 4.74. The molecule has 1 aromatic rings. The number of allylic oxidation sites excluding steroid dienone is 7. The van der Waals surface area contributed by atoms with Crippen LogP contribution >= 0.6 is 0 Å². The van der Waals surface area contributed by atoms with Crippen LogP contribution in [0.1, 0.15) is 23.0 Å². The van der Waals surface area contributed by atoms with E-state index in [-0.39, 0.29) is 0 Å². The van der Waals surface area contributed by atoms with Crippen LogP contribution in [-0.2, 0) is 0 Å². The zero-order valence-electron chi connectivity index (χ0n) is 9.43. The van der Waals surface area contributed by atoms with E-state index >= 15 is 0 Å². The van der Waals surface area contributed by atoms with Gasteiger partial charge in [-0.1, -0.05) is 42.5 Å². The van der Waals surface area contributed by atoms with Crippen molar-refractivity contribution < 1.29 is 0 Å². The maximum atomic E-state index is 3.26. The van der Waals surface area contributed by atoms with Crippen LogP contribution < -0.4 is 0 Å². The van der Waals surface area contributed by atoms with Gasteiger partial charge < -0.3 is 0 Å². The molecule has 17 heavy (non-hydrogen) atoms. The van der Waals surface area contributed by atoms with Gasteiger partial charge in [-0.3, -0.25) is 0 Å². The van der Waals surface area contributed by atoms with Crippen molar-refractivity contribution in [3.63, 3.8) is 0 Å². The van der Waals surface area contributed by atoms with Crippen LogP contribution in [0.25, 0.3) is 0 Å². The van der Waals surface area contributed by atoms with Gasteiger partial charge in [0, 0.05) is 17.4 Å². The molecule has 0 nitrogen and oxygen atoms in total. The summed E-state index contributed by atoms with van der Waals surface area (Å²) < 4.78 is 0. The summed E-state index contributed by atoms with van der Waals surface area (Å²) in [4.78, 5) is 0. The van der Waals surface area contributed by atoms with E-state index in [4.69, 9.17) is 0 Å². The van der Waals surface area contributed by atoms with Crippen molar-refractivity contribution in [2.45, 2.75) is 11.8 Å². The molecule has 80 valence electrons. The fourth-order valence-corrected chi connectivity index (χ4v) is 3.07. The Hall–Kier alpha value is -2.04. The number of hydrogen-bond donors (Lipinski definition) is 0. The molecule has 0 fully saturated rings. The van der Waals surface area contributed by atoms with Gasteiger partial charge in [-0.2, -0.15) is 0 Å². The molecule has 0 saturated carbocycles. The number of benzene rings is 1. The van der Waals surface area contributed by atoms with Crippen LogP contribution in [0.5, 0.6) is 0 Å². The first-order chi connectivity index (χ1) is 8.43. The second-order valence-electron chi connectivity index (χ2n) is 4.74. The Bertz CT molecular complexity index is 611. The predicted molar refractivity (Wildman–Crippen MR) is 69.9 cm³/mol. The highest BCUT2D eigenvalue weighted by Crippen LogP contribution is 2.52. The molecule has 4 rings (SSSR count). The zero-order chi connectivity index (χ0) is 11.2. The van der Waals surface area contributed by atoms with Crippen molar-refractivity contribution >= 4 is 0 Å². The lowest BCUT2D eigenvalue weighted by Crippen LogP contribution is -1.90. The van der Waals surface area contributed by atoms with Gasteiger partial charge in [0.1, 0.15) is 0 Å². The maximum absolute atomic E-state index is 3.26. The van der Waals surface area contributed by atoms with Crippen molar-refractivity contribution in [2.75, 3.05) is 0 Å². The molecule has 0 heteroatoms. The van der Waals surface area contributed by atoms with Crippen molar-refractivity contribution in [3.05, 3.63) is 88.7 Å². The van der Waals surface area contributed by atoms with Gasteiger partial charge in [0.2, 0.25) is 0 Å². The topological polar surface area (TPSA) is 0 Å². The fraction of sp³-hybridized carbons (Fsp3) is 0.118. The molecule has 0 aromatic heterocycles. The molecule has 0 heterocycles. The maximum Gasteiger partial charge on any atom is 0.0244 e. The molecule has 2 unspecified atom stereocenters. The molecule has 1 aromatic carbocycles. The minimum atomic E-state index is 0.500. The lowest BCUT2D eigenvalue weighted by Gasteiger charge is -2.07. The third kappa shape index (κ3) is 1.19. The summed E-state index contributed by atoms with van der Waals surface area (Å²) in [6, 6.07) is 8.79. The van der Waals surface area contributed by atoms with E-state index in [0.717, 1.165) is 0 Å². The Morgan fingerprint density at radius 2 is 1.71 bits per heavy atom. The van der Waals surface area contributed by atoms with Gasteiger partial charge in [0.25, 0.3) is 0 Å². The summed E-state index contributed by atoms with van der Waals surface area (Å²) in [5.74, 6) is 0.999. The van der Waals surface area contributed by atoms with Crippen LogP contribution in [0.4, 0.5) is 0 Å². The SMILES string of the molecule is C1=CC=CC=1C=C1C2C=CC1c1ccccc12. The summed E-state index contributed by atoms with van der Waals surface area (Å²) in [5, 5.41) is 0. The lowest BCUT2D eigenvalue weighted by molar-refractivity contribution is 1.03. The molecule has 0 aliphatic heterocycles. The number of fused-ring (bicyclic) bond motifs is 5. The molecule has 0 spiro atoms. The Kier molecular flexibility index (Phi) is 1.72. The van der Waals surface area contributed by atoms with E-state index in [2.05, 4.69) is 54.3 Å². The molecular weight excluding hydrogens is 204 g/mol. The standard InChI is InChI=1S/C17H12/c1-2-6-12(5-1)11-17-15-9-10-16(17)14-8-4-3-7-13(14)15/h1-5,7-11,15-16H. The first-order valence-corrected chi connectivity index (χ1v) is 6.05. The van der Waals surface area contributed by atoms with Gasteiger partial charge in [-0.05, 0) is 34.9 Å². The summed E-state index contributed by atoms with van der Waals surface area (Å²) >= 11 is 0. The minimum absolute atomic E-state index is 0.500. The monoisotopic (exact) mass is 216 g/mol. The molecule has 2 bridgehead atoms. The third-order valence-electron chi connectivity index (χ3n) is 3.82. The van der Waals surface area contributed by atoms with Crippen molar-refractivity contribution in [1.29, 1.82) is 0 Å². The Morgan fingerprint density at radius 3 is 2.29 bits per heavy atom. The van der Waals surface area contributed by atoms with Crippen LogP contribution in [0, 0.1) is 0 Å². The van der Waals surface area contributed by atoms with Gasteiger partial charge in [-0.15, -0.1) is 5.73 Å². The highest BCUT2D eigenvalue weighted by molar-refractivity contribution is 5.61. The van der Waals surface area contributed by atoms with E-state index in [0.29, 0.717) is 11.8 Å². The largest absolute Gasteiger partial charge is 0.113 e. The van der Waals surface area contributed by atoms with Crippen LogP contribution in [-0.4, -0.2) is 0 Å². The smallest absolute Gasteiger partial charge is 0.0244 e. The van der Waals surface area contributed by atoms with Gasteiger partial charge in [0.05, 0.1) is 0 Å². The minimum Gasteiger partial charge on any atom is -0.113 e. The highest BCUT2D eigenvalue weighted by atomic mass is 14.4. The van der Waals surface area contributed by atoms with Crippen LogP contribution in [0.15, 0.2) is 77.6 Å². The Balaban J connectivity index is 1.85. The van der Waals surface area contributed by atoms with E-state index in [1.807, 2.05) is 12.2 Å². The third-order valence-corrected chi connectivity index (χ3v) is 3.82. The molecule has 0 saturated heterocycles. The van der Waals surface area contributed by atoms with Crippen molar-refractivity contribution in [1.82, 2.24) is 0 Å². The normalized spacial score (nSPS) is 26.6. The van der Waals surface area contributed by atoms with Crippen molar-refractivity contribution in [3.8, 4) is 0 Å². The predicted octanol–water partition coefficient (Wildman–Crippen LogP) is 4.01. The summed E-state index contributed by atoms with van der Waals surface area (Å²) in [6.07, 6.45) is 13.1. The summed E-state index contributed by atoms with van der Waals surface area (Å²) in [5.41, 5.74) is 8.93. The Labute approximate surface area is 101 Å². The lowest BCUT2D eigenvalue weighted by atomic mass is 9.97. The Morgan fingerprint density at radius 1 is 1.00 bits per heavy atom. The van der Waals surface area contributed by atoms with Gasteiger partial charge >= 0.3 is 0 Å². The van der Waals surface area contributed by atoms with Crippen LogP contribution in [0.2, 0.25) is 0 Å². The molecule has 0 amide bonds. The summed E-state index contributed by atoms with van der Waals surface area (Å²) in [7, 11) is 0. The van der Waals surface area contributed by atoms with Crippen molar-refractivity contribution in [2.24, 2.45) is 0 Å². The van der Waals surface area contributed by atoms with E-state index in [1.165, 1.54) is 22.3 Å².